The summed E-state index contributed by atoms with van der Waals surface area (Å²) in [4.78, 5) is 10.8. The van der Waals surface area contributed by atoms with Gasteiger partial charge in [0, 0.05) is 20.8 Å². The van der Waals surface area contributed by atoms with Crippen LogP contribution in [0.4, 0.5) is 0 Å². The largest absolute Gasteiger partial charge is 0.395 e. The first-order valence-electron chi connectivity index (χ1n) is 4.50. The summed E-state index contributed by atoms with van der Waals surface area (Å²) in [5.41, 5.74) is -0.424. The molecule has 0 atom stereocenters. The maximum atomic E-state index is 4.44. The van der Waals surface area contributed by atoms with Crippen molar-refractivity contribution in [3.8, 4) is 0 Å². The molecule has 0 radical (unpaired) electrons. The second-order valence-electron chi connectivity index (χ2n) is 4.08. The predicted octanol–water partition coefficient (Wildman–Crippen LogP) is -0.0578. The molecule has 5 heteroatoms. The van der Waals surface area contributed by atoms with Gasteiger partial charge in [0.1, 0.15) is 0 Å². The van der Waals surface area contributed by atoms with E-state index in [1.807, 2.05) is 39.9 Å². The van der Waals surface area contributed by atoms with E-state index in [1.165, 1.54) is 0 Å². The van der Waals surface area contributed by atoms with Crippen LogP contribution in [0.1, 0.15) is 13.8 Å². The standard InChI is InChI=1S/C9H18N5/c1-9(2)11-7(13(3)4)10-8(12-9)14(5)6/h3H2,1-2,4-6H3,(H,10,11,12)/q+1. The number of hydrogen-bond acceptors (Lipinski definition) is 4. The highest BCUT2D eigenvalue weighted by molar-refractivity contribution is 5.97. The van der Waals surface area contributed by atoms with Gasteiger partial charge < -0.3 is 4.90 Å². The summed E-state index contributed by atoms with van der Waals surface area (Å²) in [6.07, 6.45) is 0. The van der Waals surface area contributed by atoms with Gasteiger partial charge in [0.25, 0.3) is 5.96 Å². The Morgan fingerprint density at radius 2 is 1.93 bits per heavy atom. The Labute approximate surface area is 84.9 Å². The number of nitrogens with zero attached hydrogens (tertiary/aromatic N) is 4. The van der Waals surface area contributed by atoms with Gasteiger partial charge in [0.2, 0.25) is 5.66 Å². The van der Waals surface area contributed by atoms with E-state index in [2.05, 4.69) is 22.0 Å². The normalized spacial score (nSPS) is 19.2. The first kappa shape index (κ1) is 10.7. The molecule has 78 valence electrons. The zero-order valence-electron chi connectivity index (χ0n) is 9.50. The van der Waals surface area contributed by atoms with Crippen molar-refractivity contribution in [1.29, 1.82) is 0 Å². The summed E-state index contributed by atoms with van der Waals surface area (Å²) in [5.74, 6) is 1.53. The molecule has 14 heavy (non-hydrogen) atoms. The van der Waals surface area contributed by atoms with Crippen molar-refractivity contribution >= 4 is 18.6 Å². The van der Waals surface area contributed by atoms with Crippen LogP contribution in [0.3, 0.4) is 0 Å². The van der Waals surface area contributed by atoms with Gasteiger partial charge in [-0.1, -0.05) is 4.99 Å². The van der Waals surface area contributed by atoms with E-state index in [0.717, 1.165) is 11.9 Å². The average molecular weight is 196 g/mol. The molecule has 0 saturated heterocycles. The van der Waals surface area contributed by atoms with E-state index in [9.17, 15) is 0 Å². The van der Waals surface area contributed by atoms with E-state index in [4.69, 9.17) is 0 Å². The Morgan fingerprint density at radius 1 is 1.36 bits per heavy atom. The van der Waals surface area contributed by atoms with Gasteiger partial charge in [-0.15, -0.1) is 0 Å². The molecule has 1 N–H and O–H groups in total. The quantitative estimate of drug-likeness (QED) is 0.436. The zero-order valence-corrected chi connectivity index (χ0v) is 9.50. The van der Waals surface area contributed by atoms with E-state index in [1.54, 1.807) is 4.58 Å². The minimum absolute atomic E-state index is 0.424. The van der Waals surface area contributed by atoms with E-state index >= 15 is 0 Å². The van der Waals surface area contributed by atoms with Crippen LogP contribution < -0.4 is 5.32 Å². The van der Waals surface area contributed by atoms with Gasteiger partial charge in [-0.2, -0.15) is 4.99 Å². The van der Waals surface area contributed by atoms with Crippen LogP contribution >= 0.6 is 0 Å². The molecule has 0 aliphatic carbocycles. The SMILES string of the molecule is C=[N+](C)C1=NC(C)(C)N=C(N(C)C)N1. The Hall–Kier alpha value is -1.39. The van der Waals surface area contributed by atoms with Crippen molar-refractivity contribution in [3.63, 3.8) is 0 Å². The van der Waals surface area contributed by atoms with Gasteiger partial charge >= 0.3 is 5.96 Å². The highest BCUT2D eigenvalue weighted by Crippen LogP contribution is 2.14. The number of rotatable bonds is 0. The molecule has 0 amide bonds. The topological polar surface area (TPSA) is 43.0 Å². The maximum Gasteiger partial charge on any atom is 0.395 e. The van der Waals surface area contributed by atoms with Gasteiger partial charge in [-0.25, -0.2) is 9.89 Å². The number of aliphatic imine (C=N–C) groups is 2. The number of guanidine groups is 2. The highest BCUT2D eigenvalue weighted by atomic mass is 15.4. The summed E-state index contributed by atoms with van der Waals surface area (Å²) in [6.45, 7) is 7.71. The third-order valence-corrected chi connectivity index (χ3v) is 1.77. The molecule has 1 aliphatic rings. The summed E-state index contributed by atoms with van der Waals surface area (Å²) in [7, 11) is 5.72. The van der Waals surface area contributed by atoms with Crippen molar-refractivity contribution in [3.05, 3.63) is 0 Å². The van der Waals surface area contributed by atoms with Crippen LogP contribution in [0, 0.1) is 0 Å². The molecule has 0 saturated carbocycles. The molecule has 5 nitrogen and oxygen atoms in total. The van der Waals surface area contributed by atoms with Crippen LogP contribution in [0.5, 0.6) is 0 Å². The van der Waals surface area contributed by atoms with Crippen LogP contribution in [-0.2, 0) is 0 Å². The Balaban J connectivity index is 2.99. The van der Waals surface area contributed by atoms with Crippen molar-refractivity contribution in [2.24, 2.45) is 9.98 Å². The van der Waals surface area contributed by atoms with Crippen molar-refractivity contribution in [1.82, 2.24) is 10.2 Å². The lowest BCUT2D eigenvalue weighted by Crippen LogP contribution is -2.49. The van der Waals surface area contributed by atoms with E-state index in [0.29, 0.717) is 0 Å². The monoisotopic (exact) mass is 196 g/mol. The summed E-state index contributed by atoms with van der Waals surface area (Å²) in [5, 5.41) is 3.10. The van der Waals surface area contributed by atoms with Crippen LogP contribution in [0.2, 0.25) is 0 Å². The third-order valence-electron chi connectivity index (χ3n) is 1.77. The maximum absolute atomic E-state index is 4.44. The Bertz CT molecular complexity index is 311. The second-order valence-corrected chi connectivity index (χ2v) is 4.08. The fourth-order valence-electron chi connectivity index (χ4n) is 1.09. The lowest BCUT2D eigenvalue weighted by molar-refractivity contribution is -0.365. The molecule has 1 aliphatic heterocycles. The summed E-state index contributed by atoms with van der Waals surface area (Å²) in [6, 6.07) is 0. The predicted molar refractivity (Wildman–Crippen MR) is 59.1 cm³/mol. The molecule has 0 spiro atoms. The number of hydrogen-bond donors (Lipinski definition) is 1. The van der Waals surface area contributed by atoms with Gasteiger partial charge in [-0.05, 0) is 13.8 Å². The minimum atomic E-state index is -0.424. The zero-order chi connectivity index (χ0) is 10.9. The first-order valence-corrected chi connectivity index (χ1v) is 4.50. The molecule has 0 unspecified atom stereocenters. The van der Waals surface area contributed by atoms with Crippen LogP contribution in [0.25, 0.3) is 0 Å². The van der Waals surface area contributed by atoms with E-state index < -0.39 is 5.66 Å². The molecule has 1 rings (SSSR count). The molecule has 0 aromatic heterocycles. The average Bonchev–Trinajstić information content (AvgIpc) is 2.01. The molecule has 0 aromatic rings. The van der Waals surface area contributed by atoms with Crippen molar-refractivity contribution in [2.75, 3.05) is 21.1 Å². The molecule has 0 aromatic carbocycles. The summed E-state index contributed by atoms with van der Waals surface area (Å²) < 4.78 is 1.69. The highest BCUT2D eigenvalue weighted by Gasteiger charge is 2.31. The number of nitrogens with one attached hydrogen (secondary N) is 1. The van der Waals surface area contributed by atoms with Crippen LogP contribution in [0.15, 0.2) is 9.98 Å². The van der Waals surface area contributed by atoms with Crippen molar-refractivity contribution < 1.29 is 4.58 Å². The molecule has 1 heterocycles. The van der Waals surface area contributed by atoms with Crippen molar-refractivity contribution in [2.45, 2.75) is 19.5 Å². The smallest absolute Gasteiger partial charge is 0.336 e. The van der Waals surface area contributed by atoms with E-state index in [-0.39, 0.29) is 0 Å². The lowest BCUT2D eigenvalue weighted by atomic mass is 10.2. The fraction of sp³-hybridized carbons (Fsp3) is 0.667. The minimum Gasteiger partial charge on any atom is -0.336 e. The second kappa shape index (κ2) is 3.40. The summed E-state index contributed by atoms with van der Waals surface area (Å²) >= 11 is 0. The third kappa shape index (κ3) is 2.31. The Kier molecular flexibility index (Phi) is 2.59. The Morgan fingerprint density at radius 3 is 2.36 bits per heavy atom. The van der Waals surface area contributed by atoms with Gasteiger partial charge in [0.05, 0.1) is 7.05 Å². The molecule has 0 fully saturated rings. The molecule has 0 bridgehead atoms. The fourth-order valence-corrected chi connectivity index (χ4v) is 1.09. The first-order chi connectivity index (χ1) is 6.32. The van der Waals surface area contributed by atoms with Gasteiger partial charge in [0.15, 0.2) is 0 Å². The lowest BCUT2D eigenvalue weighted by Gasteiger charge is -2.22. The van der Waals surface area contributed by atoms with Crippen LogP contribution in [-0.4, -0.2) is 54.9 Å². The molecular formula is C9H18N5+. The molecular weight excluding hydrogens is 178 g/mol. The van der Waals surface area contributed by atoms with Gasteiger partial charge in [-0.3, -0.25) is 0 Å².